The Kier molecular flexibility index (Phi) is 6.63. The number of hydrogen-bond donors (Lipinski definition) is 2. The second-order valence-corrected chi connectivity index (χ2v) is 6.47. The van der Waals surface area contributed by atoms with Crippen molar-refractivity contribution in [2.24, 2.45) is 0 Å². The minimum atomic E-state index is -0.615. The zero-order valence-corrected chi connectivity index (χ0v) is 15.1. The van der Waals surface area contributed by atoms with Gasteiger partial charge >= 0.3 is 5.97 Å². The standard InChI is InChI=1S/C17H16BrClN2O3/c18-12-6-4-11(5-7-12)2-1-3-16(22)24-21-17(23)14-10-13(19)8-9-15(14)20/h4-10H,1-3,20H2,(H,21,23). The van der Waals surface area contributed by atoms with Crippen LogP contribution in [0.5, 0.6) is 0 Å². The quantitative estimate of drug-likeness (QED) is 0.577. The molecule has 0 fully saturated rings. The van der Waals surface area contributed by atoms with Crippen molar-refractivity contribution in [1.29, 1.82) is 0 Å². The van der Waals surface area contributed by atoms with Crippen LogP contribution in [0.15, 0.2) is 46.9 Å². The number of nitrogens with two attached hydrogens (primary N) is 1. The summed E-state index contributed by atoms with van der Waals surface area (Å²) in [7, 11) is 0. The lowest BCUT2D eigenvalue weighted by atomic mass is 10.1. The topological polar surface area (TPSA) is 81.4 Å². The molecule has 0 aliphatic carbocycles. The number of aryl methyl sites for hydroxylation is 1. The molecule has 5 nitrogen and oxygen atoms in total. The van der Waals surface area contributed by atoms with Gasteiger partial charge < -0.3 is 10.6 Å². The molecule has 0 heterocycles. The van der Waals surface area contributed by atoms with E-state index in [9.17, 15) is 9.59 Å². The molecule has 2 aromatic carbocycles. The molecular formula is C17H16BrClN2O3. The van der Waals surface area contributed by atoms with Crippen molar-refractivity contribution in [2.45, 2.75) is 19.3 Å². The van der Waals surface area contributed by atoms with Crippen LogP contribution in [0.25, 0.3) is 0 Å². The van der Waals surface area contributed by atoms with Crippen LogP contribution in [0.3, 0.4) is 0 Å². The summed E-state index contributed by atoms with van der Waals surface area (Å²) in [5.74, 6) is -1.13. The van der Waals surface area contributed by atoms with E-state index in [-0.39, 0.29) is 17.7 Å². The van der Waals surface area contributed by atoms with E-state index in [1.807, 2.05) is 24.3 Å². The fourth-order valence-electron chi connectivity index (χ4n) is 2.02. The minimum absolute atomic E-state index is 0.158. The number of nitrogens with one attached hydrogen (secondary N) is 1. The zero-order valence-electron chi connectivity index (χ0n) is 12.7. The number of carbonyl (C=O) groups excluding carboxylic acids is 2. The molecule has 3 N–H and O–H groups in total. The first kappa shape index (κ1) is 18.3. The van der Waals surface area contributed by atoms with Gasteiger partial charge in [-0.1, -0.05) is 39.7 Å². The van der Waals surface area contributed by atoms with E-state index >= 15 is 0 Å². The number of benzene rings is 2. The molecule has 0 aliphatic heterocycles. The minimum Gasteiger partial charge on any atom is -0.398 e. The van der Waals surface area contributed by atoms with Gasteiger partial charge in [-0.05, 0) is 48.7 Å². The van der Waals surface area contributed by atoms with Gasteiger partial charge in [-0.25, -0.2) is 4.79 Å². The van der Waals surface area contributed by atoms with Gasteiger partial charge in [-0.3, -0.25) is 4.79 Å². The third-order valence-electron chi connectivity index (χ3n) is 3.28. The molecule has 7 heteroatoms. The maximum atomic E-state index is 11.9. The Labute approximate surface area is 153 Å². The van der Waals surface area contributed by atoms with Crippen molar-refractivity contribution in [3.8, 4) is 0 Å². The highest BCUT2D eigenvalue weighted by molar-refractivity contribution is 9.10. The Morgan fingerprint density at radius 1 is 1.17 bits per heavy atom. The lowest BCUT2D eigenvalue weighted by Crippen LogP contribution is -2.27. The van der Waals surface area contributed by atoms with E-state index in [4.69, 9.17) is 22.2 Å². The summed E-state index contributed by atoms with van der Waals surface area (Å²) < 4.78 is 1.01. The average Bonchev–Trinajstić information content (AvgIpc) is 2.56. The van der Waals surface area contributed by atoms with E-state index in [0.717, 1.165) is 16.5 Å². The molecule has 0 aliphatic rings. The van der Waals surface area contributed by atoms with Crippen LogP contribution < -0.4 is 11.2 Å². The van der Waals surface area contributed by atoms with E-state index in [2.05, 4.69) is 21.4 Å². The number of rotatable bonds is 5. The predicted molar refractivity (Wildman–Crippen MR) is 96.5 cm³/mol. The van der Waals surface area contributed by atoms with Crippen LogP contribution in [0.4, 0.5) is 5.69 Å². The molecule has 24 heavy (non-hydrogen) atoms. The van der Waals surface area contributed by atoms with Crippen molar-refractivity contribution in [2.75, 3.05) is 5.73 Å². The van der Waals surface area contributed by atoms with Crippen molar-refractivity contribution < 1.29 is 14.4 Å². The number of hydrogen-bond acceptors (Lipinski definition) is 4. The Balaban J connectivity index is 1.75. The number of amides is 1. The molecule has 2 rings (SSSR count). The average molecular weight is 412 g/mol. The lowest BCUT2D eigenvalue weighted by Gasteiger charge is -2.08. The number of hydroxylamine groups is 1. The molecule has 0 spiro atoms. The molecule has 0 saturated carbocycles. The van der Waals surface area contributed by atoms with Crippen molar-refractivity contribution in [3.63, 3.8) is 0 Å². The van der Waals surface area contributed by atoms with Crippen LogP contribution in [0.1, 0.15) is 28.8 Å². The van der Waals surface area contributed by atoms with Crippen molar-refractivity contribution >= 4 is 45.1 Å². The number of halogens is 2. The molecule has 0 atom stereocenters. The smallest absolute Gasteiger partial charge is 0.332 e. The van der Waals surface area contributed by atoms with Crippen molar-refractivity contribution in [1.82, 2.24) is 5.48 Å². The van der Waals surface area contributed by atoms with E-state index in [1.165, 1.54) is 12.1 Å². The summed E-state index contributed by atoms with van der Waals surface area (Å²) in [6.45, 7) is 0. The Morgan fingerprint density at radius 2 is 1.88 bits per heavy atom. The summed E-state index contributed by atoms with van der Waals surface area (Å²) in [4.78, 5) is 28.4. The first-order chi connectivity index (χ1) is 11.5. The first-order valence-corrected chi connectivity index (χ1v) is 8.42. The third-order valence-corrected chi connectivity index (χ3v) is 4.04. The van der Waals surface area contributed by atoms with Crippen LogP contribution >= 0.6 is 27.5 Å². The van der Waals surface area contributed by atoms with E-state index in [1.54, 1.807) is 6.07 Å². The molecule has 0 bridgehead atoms. The summed E-state index contributed by atoms with van der Waals surface area (Å²) in [6.07, 6.45) is 1.56. The SMILES string of the molecule is Nc1ccc(Cl)cc1C(=O)NOC(=O)CCCc1ccc(Br)cc1. The van der Waals surface area contributed by atoms with Gasteiger partial charge in [-0.2, -0.15) is 5.48 Å². The molecular weight excluding hydrogens is 396 g/mol. The van der Waals surface area contributed by atoms with Gasteiger partial charge in [0.25, 0.3) is 5.91 Å². The van der Waals surface area contributed by atoms with Crippen LogP contribution in [0, 0.1) is 0 Å². The van der Waals surface area contributed by atoms with Crippen LogP contribution in [-0.2, 0) is 16.1 Å². The highest BCUT2D eigenvalue weighted by Crippen LogP contribution is 2.17. The predicted octanol–water partition coefficient (Wildman–Crippen LogP) is 3.90. The fourth-order valence-corrected chi connectivity index (χ4v) is 2.46. The van der Waals surface area contributed by atoms with E-state index in [0.29, 0.717) is 11.4 Å². The zero-order chi connectivity index (χ0) is 17.5. The molecule has 126 valence electrons. The Bertz CT molecular complexity index is 735. The van der Waals surface area contributed by atoms with E-state index < -0.39 is 11.9 Å². The molecule has 0 unspecified atom stereocenters. The molecule has 0 radical (unpaired) electrons. The van der Waals surface area contributed by atoms with Gasteiger partial charge in [0.2, 0.25) is 0 Å². The number of nitrogen functional groups attached to an aromatic ring is 1. The van der Waals surface area contributed by atoms with Crippen molar-refractivity contribution in [3.05, 3.63) is 63.1 Å². The van der Waals surface area contributed by atoms with Gasteiger partial charge in [0.1, 0.15) is 0 Å². The molecule has 2 aromatic rings. The molecule has 0 saturated heterocycles. The summed E-state index contributed by atoms with van der Waals surface area (Å²) >= 11 is 9.18. The van der Waals surface area contributed by atoms with Crippen LogP contribution in [0.2, 0.25) is 5.02 Å². The van der Waals surface area contributed by atoms with Gasteiger partial charge in [0.05, 0.1) is 5.56 Å². The summed E-state index contributed by atoms with van der Waals surface area (Å²) in [5.41, 5.74) is 9.32. The monoisotopic (exact) mass is 410 g/mol. The molecule has 0 aromatic heterocycles. The fraction of sp³-hybridized carbons (Fsp3) is 0.176. The second kappa shape index (κ2) is 8.70. The third kappa shape index (κ3) is 5.54. The largest absolute Gasteiger partial charge is 0.398 e. The highest BCUT2D eigenvalue weighted by atomic mass is 79.9. The molecule has 1 amide bonds. The summed E-state index contributed by atoms with van der Waals surface area (Å²) in [6, 6.07) is 12.4. The normalized spacial score (nSPS) is 10.2. The first-order valence-electron chi connectivity index (χ1n) is 7.25. The van der Waals surface area contributed by atoms with Gasteiger partial charge in [0, 0.05) is 21.6 Å². The second-order valence-electron chi connectivity index (χ2n) is 5.12. The Morgan fingerprint density at radius 3 is 2.58 bits per heavy atom. The number of carbonyl (C=O) groups is 2. The lowest BCUT2D eigenvalue weighted by molar-refractivity contribution is -0.149. The number of anilines is 1. The van der Waals surface area contributed by atoms with Crippen LogP contribution in [-0.4, -0.2) is 11.9 Å². The highest BCUT2D eigenvalue weighted by Gasteiger charge is 2.12. The maximum absolute atomic E-state index is 11.9. The van der Waals surface area contributed by atoms with Gasteiger partial charge in [-0.15, -0.1) is 0 Å². The summed E-state index contributed by atoms with van der Waals surface area (Å²) in [5, 5.41) is 0.371. The maximum Gasteiger partial charge on any atom is 0.332 e. The Hall–Kier alpha value is -2.05. The van der Waals surface area contributed by atoms with Gasteiger partial charge in [0.15, 0.2) is 0 Å².